The van der Waals surface area contributed by atoms with E-state index in [0.717, 1.165) is 59.6 Å². The molecule has 1 N–H and O–H groups in total. The molecule has 0 spiro atoms. The molecule has 0 amide bonds. The Morgan fingerprint density at radius 1 is 0.871 bits per heavy atom. The van der Waals surface area contributed by atoms with Crippen LogP contribution in [-0.4, -0.2) is 26.3 Å². The molecule has 0 aromatic heterocycles. The van der Waals surface area contributed by atoms with Crippen LogP contribution in [0.25, 0.3) is 0 Å². The van der Waals surface area contributed by atoms with Crippen molar-refractivity contribution in [2.24, 2.45) is 0 Å². The number of ether oxygens (including phenoxy) is 2. The van der Waals surface area contributed by atoms with Gasteiger partial charge in [-0.25, -0.2) is 0 Å². The van der Waals surface area contributed by atoms with Crippen LogP contribution in [0.3, 0.4) is 0 Å². The highest BCUT2D eigenvalue weighted by atomic mass is 35.5. The molecule has 1 saturated heterocycles. The highest BCUT2D eigenvalue weighted by molar-refractivity contribution is 6.33. The fourth-order valence-corrected chi connectivity index (χ4v) is 4.06. The topological polar surface area (TPSA) is 33.7 Å². The van der Waals surface area contributed by atoms with Crippen LogP contribution < -0.4 is 15.0 Å². The van der Waals surface area contributed by atoms with Gasteiger partial charge in [0.1, 0.15) is 12.4 Å². The van der Waals surface area contributed by atoms with Gasteiger partial charge in [0.15, 0.2) is 0 Å². The smallest absolute Gasteiger partial charge is 0.124 e. The van der Waals surface area contributed by atoms with Crippen LogP contribution in [0.2, 0.25) is 15.1 Å². The third-order valence-electron chi connectivity index (χ3n) is 5.11. The van der Waals surface area contributed by atoms with E-state index in [0.29, 0.717) is 23.2 Å². The molecule has 1 aliphatic rings. The predicted molar refractivity (Wildman–Crippen MR) is 129 cm³/mol. The maximum atomic E-state index is 6.55. The fraction of sp³-hybridized carbons (Fsp3) is 0.250. The van der Waals surface area contributed by atoms with E-state index in [4.69, 9.17) is 44.3 Å². The number of nitrogens with zero attached hydrogens (tertiary/aromatic N) is 1. The predicted octanol–water partition coefficient (Wildman–Crippen LogP) is 6.67. The Balaban J connectivity index is 1.42. The summed E-state index contributed by atoms with van der Waals surface area (Å²) < 4.78 is 11.5. The van der Waals surface area contributed by atoms with Crippen molar-refractivity contribution in [1.29, 1.82) is 0 Å². The Labute approximate surface area is 197 Å². The summed E-state index contributed by atoms with van der Waals surface area (Å²) in [6, 6.07) is 19.3. The Morgan fingerprint density at radius 2 is 1.61 bits per heavy atom. The molecule has 162 valence electrons. The average Bonchev–Trinajstić information content (AvgIpc) is 2.79. The van der Waals surface area contributed by atoms with Crippen molar-refractivity contribution in [3.63, 3.8) is 0 Å². The van der Waals surface area contributed by atoms with Gasteiger partial charge in [0.2, 0.25) is 0 Å². The van der Waals surface area contributed by atoms with Crippen molar-refractivity contribution < 1.29 is 9.47 Å². The lowest BCUT2D eigenvalue weighted by molar-refractivity contribution is 0.122. The molecule has 0 bridgehead atoms. The molecule has 4 rings (SSSR count). The lowest BCUT2D eigenvalue weighted by Gasteiger charge is -2.29. The summed E-state index contributed by atoms with van der Waals surface area (Å²) in [7, 11) is 0. The maximum Gasteiger partial charge on any atom is 0.124 e. The molecule has 31 heavy (non-hydrogen) atoms. The molecule has 3 aromatic rings. The van der Waals surface area contributed by atoms with Crippen LogP contribution in [0.5, 0.6) is 5.75 Å². The highest BCUT2D eigenvalue weighted by Crippen LogP contribution is 2.31. The molecule has 3 aromatic carbocycles. The number of halogens is 3. The summed E-state index contributed by atoms with van der Waals surface area (Å²) in [5.41, 5.74) is 3.98. The van der Waals surface area contributed by atoms with Gasteiger partial charge in [-0.2, -0.15) is 0 Å². The van der Waals surface area contributed by atoms with E-state index in [1.54, 1.807) is 0 Å². The minimum absolute atomic E-state index is 0.450. The van der Waals surface area contributed by atoms with Crippen molar-refractivity contribution in [2.75, 3.05) is 36.5 Å². The van der Waals surface area contributed by atoms with Gasteiger partial charge in [-0.1, -0.05) is 46.9 Å². The number of anilines is 2. The van der Waals surface area contributed by atoms with E-state index >= 15 is 0 Å². The second kappa shape index (κ2) is 10.5. The van der Waals surface area contributed by atoms with Crippen LogP contribution in [-0.2, 0) is 17.9 Å². The van der Waals surface area contributed by atoms with Crippen molar-refractivity contribution >= 4 is 46.2 Å². The summed E-state index contributed by atoms with van der Waals surface area (Å²) in [4.78, 5) is 2.25. The quantitative estimate of drug-likeness (QED) is 0.412. The molecule has 0 unspecified atom stereocenters. The van der Waals surface area contributed by atoms with Crippen LogP contribution in [0, 0.1) is 0 Å². The van der Waals surface area contributed by atoms with Crippen molar-refractivity contribution in [1.82, 2.24) is 0 Å². The third kappa shape index (κ3) is 5.98. The number of benzene rings is 3. The number of morpholine rings is 1. The number of hydrogen-bond donors (Lipinski definition) is 1. The number of rotatable bonds is 7. The molecular weight excluding hydrogens is 455 g/mol. The molecule has 7 heteroatoms. The monoisotopic (exact) mass is 476 g/mol. The van der Waals surface area contributed by atoms with Gasteiger partial charge in [-0.3, -0.25) is 0 Å². The van der Waals surface area contributed by atoms with Gasteiger partial charge in [0.05, 0.1) is 23.9 Å². The van der Waals surface area contributed by atoms with Crippen molar-refractivity contribution in [2.45, 2.75) is 13.2 Å². The minimum Gasteiger partial charge on any atom is -0.489 e. The first-order chi connectivity index (χ1) is 15.1. The Kier molecular flexibility index (Phi) is 7.46. The average molecular weight is 478 g/mol. The van der Waals surface area contributed by atoms with E-state index in [1.165, 1.54) is 0 Å². The maximum absolute atomic E-state index is 6.55. The van der Waals surface area contributed by atoms with Gasteiger partial charge >= 0.3 is 0 Å². The second-order valence-electron chi connectivity index (χ2n) is 7.29. The zero-order valence-electron chi connectivity index (χ0n) is 16.9. The van der Waals surface area contributed by atoms with Crippen LogP contribution in [0.1, 0.15) is 11.1 Å². The third-order valence-corrected chi connectivity index (χ3v) is 5.90. The zero-order valence-corrected chi connectivity index (χ0v) is 19.2. The van der Waals surface area contributed by atoms with E-state index in [9.17, 15) is 0 Å². The summed E-state index contributed by atoms with van der Waals surface area (Å²) in [5.74, 6) is 0.780. The summed E-state index contributed by atoms with van der Waals surface area (Å²) in [5, 5.41) is 5.51. The number of nitrogens with one attached hydrogen (secondary N) is 1. The first-order valence-corrected chi connectivity index (χ1v) is 11.2. The van der Waals surface area contributed by atoms with Gasteiger partial charge in [-0.15, -0.1) is 0 Å². The fourth-order valence-electron chi connectivity index (χ4n) is 3.44. The molecule has 1 heterocycles. The molecule has 1 aliphatic heterocycles. The highest BCUT2D eigenvalue weighted by Gasteiger charge is 2.14. The van der Waals surface area contributed by atoms with Crippen LogP contribution in [0.4, 0.5) is 11.4 Å². The van der Waals surface area contributed by atoms with Crippen LogP contribution in [0.15, 0.2) is 60.7 Å². The molecule has 0 aliphatic carbocycles. The molecule has 0 atom stereocenters. The summed E-state index contributed by atoms with van der Waals surface area (Å²) in [6.07, 6.45) is 0. The Bertz CT molecular complexity index is 1020. The van der Waals surface area contributed by atoms with Crippen molar-refractivity contribution in [3.05, 3.63) is 86.9 Å². The zero-order chi connectivity index (χ0) is 21.6. The first kappa shape index (κ1) is 22.1. The molecule has 4 nitrogen and oxygen atoms in total. The van der Waals surface area contributed by atoms with E-state index in [-0.39, 0.29) is 0 Å². The normalized spacial score (nSPS) is 13.8. The van der Waals surface area contributed by atoms with Gasteiger partial charge < -0.3 is 19.7 Å². The number of hydrogen-bond acceptors (Lipinski definition) is 4. The molecule has 1 fully saturated rings. The molecular formula is C24H23Cl3N2O2. The van der Waals surface area contributed by atoms with E-state index in [2.05, 4.69) is 10.2 Å². The minimum atomic E-state index is 0.450. The van der Waals surface area contributed by atoms with Crippen LogP contribution >= 0.6 is 34.8 Å². The Hall–Kier alpha value is -2.11. The molecule has 0 saturated carbocycles. The standard InChI is InChI=1S/C24H23Cl3N2O2/c25-19-3-1-17(2-4-19)16-31-24-8-5-20(26)13-18(24)15-28-21-6-7-23(22(27)14-21)29-9-11-30-12-10-29/h1-8,13-14,28H,9-12,15-16H2. The summed E-state index contributed by atoms with van der Waals surface area (Å²) in [6.45, 7) is 4.16. The van der Waals surface area contributed by atoms with Gasteiger partial charge in [0.25, 0.3) is 0 Å². The van der Waals surface area contributed by atoms with Crippen molar-refractivity contribution in [3.8, 4) is 5.75 Å². The molecule has 0 radical (unpaired) electrons. The summed E-state index contributed by atoms with van der Waals surface area (Å²) >= 11 is 18.7. The second-order valence-corrected chi connectivity index (χ2v) is 8.57. The largest absolute Gasteiger partial charge is 0.489 e. The SMILES string of the molecule is Clc1ccc(COc2ccc(Cl)cc2CNc2ccc(N3CCOCC3)c(Cl)c2)cc1. The lowest BCUT2D eigenvalue weighted by atomic mass is 10.2. The van der Waals surface area contributed by atoms with Gasteiger partial charge in [-0.05, 0) is 54.1 Å². The van der Waals surface area contributed by atoms with Gasteiger partial charge in [0, 0.05) is 40.9 Å². The van der Waals surface area contributed by atoms with E-state index < -0.39 is 0 Å². The lowest BCUT2D eigenvalue weighted by Crippen LogP contribution is -2.36. The first-order valence-electron chi connectivity index (χ1n) is 10.1. The van der Waals surface area contributed by atoms with E-state index in [1.807, 2.05) is 60.7 Å². The Morgan fingerprint density at radius 3 is 2.35 bits per heavy atom.